The largest absolute Gasteiger partial charge is 0.138 e. The summed E-state index contributed by atoms with van der Waals surface area (Å²) in [5.74, 6) is 0. The van der Waals surface area contributed by atoms with Gasteiger partial charge in [-0.25, -0.2) is 0 Å². The molecule has 0 amide bonds. The first kappa shape index (κ1) is 20.2. The zero-order chi connectivity index (χ0) is 17.2. The molecule has 96 valence electrons. The van der Waals surface area contributed by atoms with Crippen molar-refractivity contribution in [3.63, 3.8) is 0 Å². The van der Waals surface area contributed by atoms with Gasteiger partial charge < -0.3 is 0 Å². The Kier molecular flexibility index (Phi) is 7.67. The van der Waals surface area contributed by atoms with Gasteiger partial charge in [-0.15, -0.1) is 21.9 Å². The quantitative estimate of drug-likeness (QED) is 0.450. The summed E-state index contributed by atoms with van der Waals surface area (Å²) < 4.78 is 0. The van der Waals surface area contributed by atoms with E-state index in [1.807, 2.05) is 0 Å². The van der Waals surface area contributed by atoms with Crippen molar-refractivity contribution in [1.29, 1.82) is 0 Å². The second-order valence-corrected chi connectivity index (χ2v) is 7.82. The van der Waals surface area contributed by atoms with Gasteiger partial charge in [0.1, 0.15) is 15.0 Å². The minimum Gasteiger partial charge on any atom is -0.112 e. The van der Waals surface area contributed by atoms with Gasteiger partial charge in [0.25, 0.3) is 0 Å². The molecule has 0 unspecified atom stereocenters. The third kappa shape index (κ3) is 3.81. The van der Waals surface area contributed by atoms with Crippen LogP contribution in [0.5, 0.6) is 0 Å². The van der Waals surface area contributed by atoms with Crippen LogP contribution in [0.15, 0.2) is 0 Å². The third-order valence-electron chi connectivity index (χ3n) is 5.82. The van der Waals surface area contributed by atoms with E-state index in [9.17, 15) is 0 Å². The molecule has 15 heteroatoms. The summed E-state index contributed by atoms with van der Waals surface area (Å²) in [4.78, 5) is 0. The van der Waals surface area contributed by atoms with Crippen molar-refractivity contribution >= 4 is 137 Å². The first-order valence-corrected chi connectivity index (χ1v) is 9.34. The lowest BCUT2D eigenvalue weighted by Gasteiger charge is -2.32. The lowest BCUT2D eigenvalue weighted by Crippen LogP contribution is -2.73. The highest BCUT2D eigenvalue weighted by Crippen LogP contribution is 1.92. The minimum atomic E-state index is 0.608. The molecule has 0 heterocycles. The van der Waals surface area contributed by atoms with E-state index in [0.29, 0.717) is 25.9 Å². The predicted octanol–water partition coefficient (Wildman–Crippen LogP) is -13.2. The highest BCUT2D eigenvalue weighted by molar-refractivity contribution is 7.70. The molecule has 0 bridgehead atoms. The lowest BCUT2D eigenvalue weighted by atomic mass is 8.85. The molecular weight excluding hydrogens is 246 g/mol. The van der Waals surface area contributed by atoms with E-state index in [4.69, 9.17) is 0 Å². The van der Waals surface area contributed by atoms with Crippen LogP contribution in [-0.2, 0) is 0 Å². The van der Waals surface area contributed by atoms with Gasteiger partial charge >= 0.3 is 0 Å². The normalized spacial score (nSPS) is 9.86. The van der Waals surface area contributed by atoms with E-state index in [1.165, 1.54) is 7.06 Å². The Bertz CT molecular complexity index is 525. The van der Waals surface area contributed by atoms with Crippen LogP contribution < -0.4 is 27.3 Å². The van der Waals surface area contributed by atoms with Gasteiger partial charge in [-0.1, -0.05) is 11.0 Å². The molecule has 0 aliphatic heterocycles. The monoisotopic (exact) mass is 272 g/mol. The highest BCUT2D eigenvalue weighted by Gasteiger charge is 2.29. The van der Waals surface area contributed by atoms with E-state index in [1.54, 1.807) is 32.9 Å². The standard InChI is InChI=1S/C7H23B15/c1-2-3(8)4(17-9)6(19(11)12)7(20(13)18-10)5(2)21(14)22(15)16/h17-18H,8-16H2,1H3. The first-order valence-electron chi connectivity index (χ1n) is 9.34. The Morgan fingerprint density at radius 2 is 1.41 bits per heavy atom. The van der Waals surface area contributed by atoms with Gasteiger partial charge in [0.2, 0.25) is 0 Å². The van der Waals surface area contributed by atoms with E-state index in [-0.39, 0.29) is 0 Å². The fourth-order valence-electron chi connectivity index (χ4n) is 3.91. The average molecular weight is 269 g/mol. The Morgan fingerprint density at radius 1 is 0.864 bits per heavy atom. The van der Waals surface area contributed by atoms with Gasteiger partial charge in [-0.2, -0.15) is 0 Å². The first-order chi connectivity index (χ1) is 10.2. The number of hydrogen-bond acceptors (Lipinski definition) is 0. The van der Waals surface area contributed by atoms with Crippen molar-refractivity contribution in [1.82, 2.24) is 0 Å². The van der Waals surface area contributed by atoms with Crippen molar-refractivity contribution in [2.75, 3.05) is 0 Å². The Balaban J connectivity index is 3.89. The van der Waals surface area contributed by atoms with E-state index < -0.39 is 0 Å². The van der Waals surface area contributed by atoms with Crippen molar-refractivity contribution < 1.29 is 0 Å². The Hall–Kier alpha value is 0.194. The topological polar surface area (TPSA) is 0 Å². The molecule has 0 aliphatic rings. The van der Waals surface area contributed by atoms with Crippen LogP contribution in [0.2, 0.25) is 0 Å². The fourth-order valence-corrected chi connectivity index (χ4v) is 3.91. The van der Waals surface area contributed by atoms with E-state index in [0.717, 1.165) is 7.17 Å². The Labute approximate surface area is 149 Å². The predicted molar refractivity (Wildman–Crippen MR) is 144 cm³/mol. The van der Waals surface area contributed by atoms with Crippen LogP contribution in [0, 0.1) is 6.92 Å². The molecule has 0 fully saturated rings. The highest BCUT2D eigenvalue weighted by atomic mass is 14.0. The van der Waals surface area contributed by atoms with Gasteiger partial charge in [-0.05, 0) is 6.92 Å². The van der Waals surface area contributed by atoms with Crippen LogP contribution in [-0.4, -0.2) is 110 Å². The molecule has 0 saturated carbocycles. The summed E-state index contributed by atoms with van der Waals surface area (Å²) in [5.41, 5.74) is 9.70. The Morgan fingerprint density at radius 3 is 1.77 bits per heavy atom. The SMILES string of the molecule is BBB(B)c1c(B(B)B(B)B)c(C)c(B)c(BB)c1B(B)B. The summed E-state index contributed by atoms with van der Waals surface area (Å²) in [6.07, 6.45) is 0.688. The molecule has 0 nitrogen and oxygen atoms in total. The molecule has 0 atom stereocenters. The maximum Gasteiger partial charge on any atom is 0.138 e. The number of rotatable bonds is 6. The second kappa shape index (κ2) is 8.34. The summed E-state index contributed by atoms with van der Waals surface area (Å²) >= 11 is 0. The molecule has 1 rings (SSSR count). The van der Waals surface area contributed by atoms with Gasteiger partial charge in [0.05, 0.1) is 88.4 Å². The van der Waals surface area contributed by atoms with Crippen LogP contribution in [0.3, 0.4) is 0 Å². The zero-order valence-electron chi connectivity index (χ0n) is 16.7. The molecular formula is C7H23B15. The lowest BCUT2D eigenvalue weighted by molar-refractivity contribution is 1.60. The molecule has 0 N–H and O–H groups in total. The zero-order valence-corrected chi connectivity index (χ0v) is 16.7. The maximum atomic E-state index is 2.42. The molecule has 0 aromatic heterocycles. The maximum absolute atomic E-state index is 2.42. The van der Waals surface area contributed by atoms with Crippen LogP contribution >= 0.6 is 0 Å². The summed E-state index contributed by atoms with van der Waals surface area (Å²) in [5, 5.41) is 0. The summed E-state index contributed by atoms with van der Waals surface area (Å²) in [6, 6.07) is 0. The molecule has 22 heavy (non-hydrogen) atoms. The number of hydrogen-bond donors (Lipinski definition) is 0. The fraction of sp³-hybridized carbons (Fsp3) is 0.143. The third-order valence-corrected chi connectivity index (χ3v) is 5.82. The second-order valence-electron chi connectivity index (χ2n) is 7.82. The van der Waals surface area contributed by atoms with Crippen molar-refractivity contribution in [3.8, 4) is 0 Å². The van der Waals surface area contributed by atoms with Gasteiger partial charge in [-0.3, -0.25) is 0 Å². The molecule has 0 radical (unpaired) electrons. The molecule has 1 aromatic carbocycles. The van der Waals surface area contributed by atoms with Crippen LogP contribution in [0.4, 0.5) is 0 Å². The van der Waals surface area contributed by atoms with E-state index >= 15 is 0 Å². The number of benzene rings is 1. The average Bonchev–Trinajstić information content (AvgIpc) is 2.47. The van der Waals surface area contributed by atoms with Crippen LogP contribution in [0.1, 0.15) is 5.56 Å². The van der Waals surface area contributed by atoms with Gasteiger partial charge in [0.15, 0.2) is 0 Å². The molecule has 0 saturated heterocycles. The molecule has 0 aliphatic carbocycles. The van der Waals surface area contributed by atoms with Crippen molar-refractivity contribution in [3.05, 3.63) is 5.56 Å². The van der Waals surface area contributed by atoms with Gasteiger partial charge in [0, 0.05) is 6.39 Å². The van der Waals surface area contributed by atoms with E-state index in [2.05, 4.69) is 76.7 Å². The summed E-state index contributed by atoms with van der Waals surface area (Å²) in [6.45, 7) is 4.25. The molecule has 0 spiro atoms. The molecule has 1 aromatic rings. The summed E-state index contributed by atoms with van der Waals surface area (Å²) in [7, 11) is 23.7. The minimum absolute atomic E-state index is 0.608. The van der Waals surface area contributed by atoms with Crippen molar-refractivity contribution in [2.45, 2.75) is 6.92 Å². The van der Waals surface area contributed by atoms with Crippen LogP contribution in [0.25, 0.3) is 0 Å². The smallest absolute Gasteiger partial charge is 0.112 e. The van der Waals surface area contributed by atoms with Crippen molar-refractivity contribution in [2.24, 2.45) is 0 Å².